The molecule has 2 fully saturated rings. The van der Waals surface area contributed by atoms with Crippen molar-refractivity contribution < 1.29 is 4.79 Å². The highest BCUT2D eigenvalue weighted by molar-refractivity contribution is 6.30. The van der Waals surface area contributed by atoms with E-state index in [-0.39, 0.29) is 11.8 Å². The van der Waals surface area contributed by atoms with Crippen LogP contribution in [0.25, 0.3) is 0 Å². The molecular weight excluding hydrogens is 362 g/mol. The smallest absolute Gasteiger partial charge is 0.227 e. The number of benzene rings is 1. The normalized spacial score (nSPS) is 18.0. The lowest BCUT2D eigenvalue weighted by Crippen LogP contribution is -2.38. The molecule has 2 aromatic rings. The van der Waals surface area contributed by atoms with E-state index in [1.54, 1.807) is 18.5 Å². The van der Waals surface area contributed by atoms with Gasteiger partial charge in [0.25, 0.3) is 0 Å². The van der Waals surface area contributed by atoms with Gasteiger partial charge < -0.3 is 15.1 Å². The summed E-state index contributed by atoms with van der Waals surface area (Å²) in [6, 6.07) is 9.31. The number of amides is 1. The van der Waals surface area contributed by atoms with Crippen LogP contribution in [0.2, 0.25) is 5.02 Å². The van der Waals surface area contributed by atoms with Crippen molar-refractivity contribution in [3.63, 3.8) is 0 Å². The maximum Gasteiger partial charge on any atom is 0.227 e. The molecule has 2 aliphatic rings. The van der Waals surface area contributed by atoms with E-state index in [0.29, 0.717) is 5.02 Å². The van der Waals surface area contributed by atoms with Crippen LogP contribution in [-0.2, 0) is 4.79 Å². The summed E-state index contributed by atoms with van der Waals surface area (Å²) in [6.45, 7) is 3.80. The Morgan fingerprint density at radius 1 is 0.963 bits per heavy atom. The molecule has 0 atom stereocenters. The van der Waals surface area contributed by atoms with Gasteiger partial charge in [0.2, 0.25) is 5.91 Å². The van der Waals surface area contributed by atoms with E-state index in [9.17, 15) is 4.79 Å². The summed E-state index contributed by atoms with van der Waals surface area (Å²) in [5.74, 6) is 2.08. The van der Waals surface area contributed by atoms with Crippen LogP contribution in [-0.4, -0.2) is 42.1 Å². The van der Waals surface area contributed by atoms with Crippen molar-refractivity contribution >= 4 is 34.8 Å². The number of nitrogens with one attached hydrogen (secondary N) is 1. The lowest BCUT2D eigenvalue weighted by atomic mass is 9.96. The molecule has 0 saturated carbocycles. The average Bonchev–Trinajstić information content (AvgIpc) is 3.25. The van der Waals surface area contributed by atoms with Crippen LogP contribution in [0.4, 0.5) is 17.3 Å². The molecule has 0 spiro atoms. The first-order valence-electron chi connectivity index (χ1n) is 9.57. The van der Waals surface area contributed by atoms with Crippen molar-refractivity contribution in [1.82, 2.24) is 9.97 Å². The van der Waals surface area contributed by atoms with E-state index in [2.05, 4.69) is 31.2 Å². The third kappa shape index (κ3) is 4.33. The maximum atomic E-state index is 12.5. The van der Waals surface area contributed by atoms with E-state index in [1.165, 1.54) is 12.8 Å². The van der Waals surface area contributed by atoms with Crippen molar-refractivity contribution in [1.29, 1.82) is 0 Å². The summed E-state index contributed by atoms with van der Waals surface area (Å²) in [6.07, 6.45) is 5.76. The molecule has 0 radical (unpaired) electrons. The Labute approximate surface area is 164 Å². The molecule has 0 aliphatic carbocycles. The third-order valence-corrected chi connectivity index (χ3v) is 5.62. The van der Waals surface area contributed by atoms with Crippen LogP contribution in [0.15, 0.2) is 36.7 Å². The number of aromatic nitrogens is 2. The van der Waals surface area contributed by atoms with Gasteiger partial charge in [-0.05, 0) is 49.9 Å². The Morgan fingerprint density at radius 2 is 1.56 bits per heavy atom. The molecule has 1 N–H and O–H groups in total. The largest absolute Gasteiger partial charge is 0.356 e. The number of hydrogen-bond donors (Lipinski definition) is 1. The number of anilines is 3. The van der Waals surface area contributed by atoms with Crippen molar-refractivity contribution in [3.8, 4) is 0 Å². The maximum absolute atomic E-state index is 12.5. The monoisotopic (exact) mass is 385 g/mol. The first kappa shape index (κ1) is 18.0. The molecule has 3 heterocycles. The molecule has 0 unspecified atom stereocenters. The predicted octanol–water partition coefficient (Wildman–Crippen LogP) is 3.59. The van der Waals surface area contributed by atoms with E-state index in [0.717, 1.165) is 56.3 Å². The summed E-state index contributed by atoms with van der Waals surface area (Å²) in [5.41, 5.74) is 0.790. The molecule has 7 heteroatoms. The van der Waals surface area contributed by atoms with E-state index in [1.807, 2.05) is 12.1 Å². The van der Waals surface area contributed by atoms with Crippen molar-refractivity contribution in [2.24, 2.45) is 5.92 Å². The van der Waals surface area contributed by atoms with Gasteiger partial charge in [0.1, 0.15) is 18.0 Å². The number of carbonyl (C=O) groups excluding carboxylic acids is 1. The van der Waals surface area contributed by atoms with Gasteiger partial charge in [-0.1, -0.05) is 11.6 Å². The quantitative estimate of drug-likeness (QED) is 0.871. The second kappa shape index (κ2) is 8.13. The Kier molecular flexibility index (Phi) is 5.43. The molecule has 6 nitrogen and oxygen atoms in total. The number of rotatable bonds is 4. The van der Waals surface area contributed by atoms with Crippen molar-refractivity contribution in [2.45, 2.75) is 25.7 Å². The zero-order chi connectivity index (χ0) is 18.6. The van der Waals surface area contributed by atoms with Crippen molar-refractivity contribution in [3.05, 3.63) is 41.7 Å². The summed E-state index contributed by atoms with van der Waals surface area (Å²) < 4.78 is 0. The Balaban J connectivity index is 1.34. The van der Waals surface area contributed by atoms with Crippen LogP contribution in [0.5, 0.6) is 0 Å². The topological polar surface area (TPSA) is 61.4 Å². The fourth-order valence-electron chi connectivity index (χ4n) is 3.78. The highest BCUT2D eigenvalue weighted by Gasteiger charge is 2.26. The molecule has 1 amide bonds. The number of nitrogens with zero attached hydrogens (tertiary/aromatic N) is 4. The summed E-state index contributed by atoms with van der Waals surface area (Å²) in [5, 5.41) is 3.66. The van der Waals surface area contributed by atoms with Crippen LogP contribution < -0.4 is 15.1 Å². The zero-order valence-electron chi connectivity index (χ0n) is 15.3. The Hall–Kier alpha value is -2.34. The standard InChI is InChI=1S/C20H24ClN5O/c21-16-3-5-17(6-4-16)24-20(27)15-7-11-26(12-8-15)19-13-18(22-14-23-19)25-9-1-2-10-25/h3-6,13-15H,1-2,7-12H2,(H,24,27). The third-order valence-electron chi connectivity index (χ3n) is 5.37. The van der Waals surface area contributed by atoms with Gasteiger partial charge in [0.15, 0.2) is 0 Å². The van der Waals surface area contributed by atoms with E-state index < -0.39 is 0 Å². The molecule has 2 aliphatic heterocycles. The van der Waals surface area contributed by atoms with E-state index >= 15 is 0 Å². The Bertz CT molecular complexity index is 783. The van der Waals surface area contributed by atoms with E-state index in [4.69, 9.17) is 11.6 Å². The minimum atomic E-state index is 0.0248. The van der Waals surface area contributed by atoms with Gasteiger partial charge in [-0.2, -0.15) is 0 Å². The number of hydrogen-bond acceptors (Lipinski definition) is 5. The molecule has 4 rings (SSSR count). The molecular formula is C20H24ClN5O. The molecule has 2 saturated heterocycles. The number of halogens is 1. The predicted molar refractivity (Wildman–Crippen MR) is 108 cm³/mol. The summed E-state index contributed by atoms with van der Waals surface area (Å²) >= 11 is 5.89. The van der Waals surface area contributed by atoms with Crippen LogP contribution >= 0.6 is 11.6 Å². The minimum absolute atomic E-state index is 0.0248. The SMILES string of the molecule is O=C(Nc1ccc(Cl)cc1)C1CCN(c2cc(N3CCCC3)ncn2)CC1. The highest BCUT2D eigenvalue weighted by Crippen LogP contribution is 2.26. The number of carbonyl (C=O) groups is 1. The fraction of sp³-hybridized carbons (Fsp3) is 0.450. The van der Waals surface area contributed by atoms with Crippen LogP contribution in [0.1, 0.15) is 25.7 Å². The second-order valence-electron chi connectivity index (χ2n) is 7.19. The zero-order valence-corrected chi connectivity index (χ0v) is 16.0. The summed E-state index contributed by atoms with van der Waals surface area (Å²) in [7, 11) is 0. The van der Waals surface area contributed by atoms with Gasteiger partial charge >= 0.3 is 0 Å². The second-order valence-corrected chi connectivity index (χ2v) is 7.62. The van der Waals surface area contributed by atoms with Crippen LogP contribution in [0, 0.1) is 5.92 Å². The Morgan fingerprint density at radius 3 is 2.19 bits per heavy atom. The molecule has 1 aromatic carbocycles. The first-order valence-corrected chi connectivity index (χ1v) is 9.95. The van der Waals surface area contributed by atoms with Gasteiger partial charge in [0.05, 0.1) is 0 Å². The lowest BCUT2D eigenvalue weighted by Gasteiger charge is -2.32. The fourth-order valence-corrected chi connectivity index (χ4v) is 3.90. The van der Waals surface area contributed by atoms with Gasteiger partial charge in [0, 0.05) is 48.9 Å². The lowest BCUT2D eigenvalue weighted by molar-refractivity contribution is -0.120. The molecule has 1 aromatic heterocycles. The molecule has 0 bridgehead atoms. The summed E-state index contributed by atoms with van der Waals surface area (Å²) in [4.78, 5) is 26.0. The van der Waals surface area contributed by atoms with Gasteiger partial charge in [-0.25, -0.2) is 9.97 Å². The highest BCUT2D eigenvalue weighted by atomic mass is 35.5. The molecule has 142 valence electrons. The average molecular weight is 386 g/mol. The van der Waals surface area contributed by atoms with Crippen LogP contribution in [0.3, 0.4) is 0 Å². The number of piperidine rings is 1. The van der Waals surface area contributed by atoms with Crippen molar-refractivity contribution in [2.75, 3.05) is 41.3 Å². The minimum Gasteiger partial charge on any atom is -0.356 e. The first-order chi connectivity index (χ1) is 13.2. The van der Waals surface area contributed by atoms with Gasteiger partial charge in [-0.15, -0.1) is 0 Å². The van der Waals surface area contributed by atoms with Gasteiger partial charge in [-0.3, -0.25) is 4.79 Å². The molecule has 27 heavy (non-hydrogen) atoms.